The zero-order valence-electron chi connectivity index (χ0n) is 14.1. The molecule has 2 aromatic rings. The summed E-state index contributed by atoms with van der Waals surface area (Å²) in [6, 6.07) is 14.3. The maximum absolute atomic E-state index is 11.2. The van der Waals surface area contributed by atoms with E-state index >= 15 is 0 Å². The van der Waals surface area contributed by atoms with Crippen LogP contribution in [0.5, 0.6) is 0 Å². The minimum Gasteiger partial charge on any atom is -0.481 e. The van der Waals surface area contributed by atoms with E-state index in [1.165, 1.54) is 11.1 Å². The summed E-state index contributed by atoms with van der Waals surface area (Å²) in [4.78, 5) is 17.9. The standard InChI is InChI=1S/C20H22N2O3/c23-19(24)14-16-13-15-5-1-2-6-17(15)20(25-16)8-11-22(12-9-20)18-7-3-4-10-21-18/h1-7,10,16H,8-9,11-14H2,(H,23,24). The highest BCUT2D eigenvalue weighted by Crippen LogP contribution is 2.44. The molecule has 5 nitrogen and oxygen atoms in total. The van der Waals surface area contributed by atoms with Crippen molar-refractivity contribution in [1.29, 1.82) is 0 Å². The van der Waals surface area contributed by atoms with E-state index in [2.05, 4.69) is 22.0 Å². The SMILES string of the molecule is O=C(O)CC1Cc2ccccc2C2(CCN(c3ccccn3)CC2)O1. The van der Waals surface area contributed by atoms with Crippen molar-refractivity contribution in [1.82, 2.24) is 4.98 Å². The number of piperidine rings is 1. The van der Waals surface area contributed by atoms with Crippen LogP contribution in [-0.2, 0) is 21.6 Å². The van der Waals surface area contributed by atoms with Crippen LogP contribution in [0, 0.1) is 0 Å². The van der Waals surface area contributed by atoms with Crippen molar-refractivity contribution in [3.8, 4) is 0 Å². The van der Waals surface area contributed by atoms with Crippen LogP contribution in [0.3, 0.4) is 0 Å². The second-order valence-electron chi connectivity index (χ2n) is 6.87. The fraction of sp³-hybridized carbons (Fsp3) is 0.400. The first kappa shape index (κ1) is 16.1. The van der Waals surface area contributed by atoms with Gasteiger partial charge in [0.25, 0.3) is 0 Å². The van der Waals surface area contributed by atoms with E-state index in [0.717, 1.165) is 31.7 Å². The smallest absolute Gasteiger partial charge is 0.305 e. The van der Waals surface area contributed by atoms with Crippen LogP contribution in [0.2, 0.25) is 0 Å². The van der Waals surface area contributed by atoms with Gasteiger partial charge in [-0.2, -0.15) is 0 Å². The Bertz CT molecular complexity index is 755. The molecule has 1 fully saturated rings. The van der Waals surface area contributed by atoms with E-state index in [0.29, 0.717) is 6.42 Å². The molecule has 0 amide bonds. The summed E-state index contributed by atoms with van der Waals surface area (Å²) in [5.74, 6) is 0.189. The lowest BCUT2D eigenvalue weighted by atomic mass is 9.78. The van der Waals surface area contributed by atoms with Crippen LogP contribution < -0.4 is 4.90 Å². The van der Waals surface area contributed by atoms with Gasteiger partial charge in [0, 0.05) is 19.3 Å². The number of hydrogen-bond acceptors (Lipinski definition) is 4. The number of ether oxygens (including phenoxy) is 1. The zero-order valence-corrected chi connectivity index (χ0v) is 14.1. The van der Waals surface area contributed by atoms with Gasteiger partial charge in [-0.1, -0.05) is 30.3 Å². The summed E-state index contributed by atoms with van der Waals surface area (Å²) in [5.41, 5.74) is 2.09. The number of carbonyl (C=O) groups is 1. The number of anilines is 1. The van der Waals surface area contributed by atoms with Crippen LogP contribution in [0.25, 0.3) is 0 Å². The average molecular weight is 338 g/mol. The molecule has 3 heterocycles. The second-order valence-corrected chi connectivity index (χ2v) is 6.87. The molecule has 4 rings (SSSR count). The summed E-state index contributed by atoms with van der Waals surface area (Å²) < 4.78 is 6.41. The molecule has 1 unspecified atom stereocenters. The Morgan fingerprint density at radius 2 is 1.96 bits per heavy atom. The lowest BCUT2D eigenvalue weighted by molar-refractivity contribution is -0.153. The highest BCUT2D eigenvalue weighted by Gasteiger charge is 2.44. The molecule has 2 aliphatic rings. The number of aliphatic carboxylic acids is 1. The molecule has 2 aliphatic heterocycles. The topological polar surface area (TPSA) is 62.7 Å². The fourth-order valence-corrected chi connectivity index (χ4v) is 4.15. The lowest BCUT2D eigenvalue weighted by Crippen LogP contribution is -2.49. The molecule has 130 valence electrons. The summed E-state index contributed by atoms with van der Waals surface area (Å²) >= 11 is 0. The van der Waals surface area contributed by atoms with Crippen LogP contribution in [0.15, 0.2) is 48.7 Å². The van der Waals surface area contributed by atoms with Gasteiger partial charge >= 0.3 is 5.97 Å². The normalized spacial score (nSPS) is 21.8. The number of hydrogen-bond donors (Lipinski definition) is 1. The largest absolute Gasteiger partial charge is 0.481 e. The summed E-state index contributed by atoms with van der Waals surface area (Å²) in [6.45, 7) is 1.70. The number of fused-ring (bicyclic) bond motifs is 2. The Balaban J connectivity index is 1.59. The van der Waals surface area contributed by atoms with Crippen LogP contribution in [0.1, 0.15) is 30.4 Å². The number of aromatic nitrogens is 1. The molecule has 1 aromatic heterocycles. The van der Waals surface area contributed by atoms with Gasteiger partial charge in [0.15, 0.2) is 0 Å². The van der Waals surface area contributed by atoms with E-state index in [1.807, 2.05) is 36.5 Å². The number of rotatable bonds is 3. The molecule has 1 N–H and O–H groups in total. The minimum absolute atomic E-state index is 0.0556. The van der Waals surface area contributed by atoms with Gasteiger partial charge in [0.05, 0.1) is 18.1 Å². The predicted molar refractivity (Wildman–Crippen MR) is 94.6 cm³/mol. The maximum atomic E-state index is 11.2. The van der Waals surface area contributed by atoms with Gasteiger partial charge in [-0.15, -0.1) is 0 Å². The van der Waals surface area contributed by atoms with Crippen LogP contribution >= 0.6 is 0 Å². The third kappa shape index (κ3) is 3.12. The highest BCUT2D eigenvalue weighted by atomic mass is 16.5. The monoisotopic (exact) mass is 338 g/mol. The van der Waals surface area contributed by atoms with Crippen molar-refractivity contribution in [2.24, 2.45) is 0 Å². The van der Waals surface area contributed by atoms with Gasteiger partial charge in [-0.3, -0.25) is 4.79 Å². The number of pyridine rings is 1. The molecule has 0 aliphatic carbocycles. The Labute approximate surface area is 147 Å². The van der Waals surface area contributed by atoms with E-state index in [4.69, 9.17) is 4.74 Å². The first-order valence-corrected chi connectivity index (χ1v) is 8.80. The number of carboxylic acid groups (broad SMARTS) is 1. The fourth-order valence-electron chi connectivity index (χ4n) is 4.15. The van der Waals surface area contributed by atoms with E-state index in [9.17, 15) is 9.90 Å². The Kier molecular flexibility index (Phi) is 4.17. The van der Waals surface area contributed by atoms with Gasteiger partial charge in [0.1, 0.15) is 5.82 Å². The van der Waals surface area contributed by atoms with E-state index in [-0.39, 0.29) is 18.1 Å². The molecule has 0 radical (unpaired) electrons. The van der Waals surface area contributed by atoms with Gasteiger partial charge in [-0.05, 0) is 42.5 Å². The van der Waals surface area contributed by atoms with Crippen molar-refractivity contribution in [3.63, 3.8) is 0 Å². The zero-order chi connectivity index (χ0) is 17.3. The first-order chi connectivity index (χ1) is 12.2. The highest BCUT2D eigenvalue weighted by molar-refractivity contribution is 5.67. The molecule has 0 bridgehead atoms. The molecule has 25 heavy (non-hydrogen) atoms. The van der Waals surface area contributed by atoms with Gasteiger partial charge < -0.3 is 14.7 Å². The Hall–Kier alpha value is -2.40. The quantitative estimate of drug-likeness (QED) is 0.932. The maximum Gasteiger partial charge on any atom is 0.305 e. The van der Waals surface area contributed by atoms with Crippen molar-refractivity contribution < 1.29 is 14.6 Å². The van der Waals surface area contributed by atoms with Gasteiger partial charge in [0.2, 0.25) is 0 Å². The molecule has 5 heteroatoms. The van der Waals surface area contributed by atoms with Crippen LogP contribution in [-0.4, -0.2) is 35.3 Å². The Morgan fingerprint density at radius 3 is 2.68 bits per heavy atom. The Morgan fingerprint density at radius 1 is 1.20 bits per heavy atom. The second kappa shape index (κ2) is 6.48. The van der Waals surface area contributed by atoms with E-state index < -0.39 is 5.97 Å². The van der Waals surface area contributed by atoms with Crippen LogP contribution in [0.4, 0.5) is 5.82 Å². The first-order valence-electron chi connectivity index (χ1n) is 8.80. The van der Waals surface area contributed by atoms with Gasteiger partial charge in [-0.25, -0.2) is 4.98 Å². The number of nitrogens with zero attached hydrogens (tertiary/aromatic N) is 2. The van der Waals surface area contributed by atoms with Crippen molar-refractivity contribution in [2.45, 2.75) is 37.4 Å². The third-order valence-corrected chi connectivity index (χ3v) is 5.29. The number of carboxylic acids is 1. The third-order valence-electron chi connectivity index (χ3n) is 5.29. The molecule has 1 atom stereocenters. The molecule has 1 aromatic carbocycles. The summed E-state index contributed by atoms with van der Waals surface area (Å²) in [7, 11) is 0. The average Bonchev–Trinajstić information content (AvgIpc) is 2.63. The summed E-state index contributed by atoms with van der Waals surface area (Å²) in [5, 5.41) is 9.19. The molecule has 0 saturated carbocycles. The molecular formula is C20H22N2O3. The molecule has 1 saturated heterocycles. The van der Waals surface area contributed by atoms with Crippen molar-refractivity contribution in [3.05, 3.63) is 59.8 Å². The lowest BCUT2D eigenvalue weighted by Gasteiger charge is -2.47. The summed E-state index contributed by atoms with van der Waals surface area (Å²) in [6.07, 6.45) is 3.98. The predicted octanol–water partition coefficient (Wildman–Crippen LogP) is 2.99. The number of benzene rings is 1. The minimum atomic E-state index is -0.801. The molecule has 1 spiro atoms. The van der Waals surface area contributed by atoms with E-state index in [1.54, 1.807) is 0 Å². The van der Waals surface area contributed by atoms with Crippen molar-refractivity contribution >= 4 is 11.8 Å². The van der Waals surface area contributed by atoms with Crippen molar-refractivity contribution in [2.75, 3.05) is 18.0 Å². The molecular weight excluding hydrogens is 316 g/mol.